The van der Waals surface area contributed by atoms with E-state index in [0.717, 1.165) is 6.42 Å². The molecule has 4 nitrogen and oxygen atoms in total. The van der Waals surface area contributed by atoms with Gasteiger partial charge in [-0.25, -0.2) is 0 Å². The van der Waals surface area contributed by atoms with E-state index in [-0.39, 0.29) is 24.1 Å². The molecular weight excluding hydrogens is 206 g/mol. The number of aromatic hydroxyl groups is 2. The smallest absolute Gasteiger partial charge is 0.226 e. The summed E-state index contributed by atoms with van der Waals surface area (Å²) in [5.74, 6) is 0.208. The fourth-order valence-electron chi connectivity index (χ4n) is 1.87. The number of aliphatic hydroxyl groups is 1. The Morgan fingerprint density at radius 2 is 1.94 bits per heavy atom. The topological polar surface area (TPSA) is 64.6 Å². The molecule has 90 valence electrons. The zero-order valence-electron chi connectivity index (χ0n) is 10.0. The van der Waals surface area contributed by atoms with Crippen LogP contribution in [-0.2, 0) is 0 Å². The van der Waals surface area contributed by atoms with Gasteiger partial charge in [0, 0.05) is 19.4 Å². The average molecular weight is 226 g/mol. The second kappa shape index (κ2) is 5.16. The minimum atomic E-state index is -0.130. The lowest BCUT2D eigenvalue weighted by Gasteiger charge is -2.14. The van der Waals surface area contributed by atoms with Crippen LogP contribution in [0.2, 0.25) is 0 Å². The molecule has 0 unspecified atom stereocenters. The fraction of sp³-hybridized carbons (Fsp3) is 0.583. The highest BCUT2D eigenvalue weighted by Gasteiger charge is 2.24. The Kier molecular flexibility index (Phi) is 4.12. The van der Waals surface area contributed by atoms with Crippen molar-refractivity contribution >= 4 is 0 Å². The van der Waals surface area contributed by atoms with Crippen LogP contribution in [0.4, 0.5) is 0 Å². The Hall–Kier alpha value is -1.29. The second-order valence-corrected chi connectivity index (χ2v) is 4.51. The number of aromatic nitrogens is 1. The summed E-state index contributed by atoms with van der Waals surface area (Å²) < 4.78 is 1.80. The molecule has 1 atom stereocenters. The summed E-state index contributed by atoms with van der Waals surface area (Å²) in [5, 5.41) is 28.3. The van der Waals surface area contributed by atoms with E-state index in [1.165, 1.54) is 6.07 Å². The lowest BCUT2D eigenvalue weighted by atomic mass is 10.0. The summed E-state index contributed by atoms with van der Waals surface area (Å²) in [6.45, 7) is 5.91. The van der Waals surface area contributed by atoms with Crippen molar-refractivity contribution < 1.29 is 19.9 Å². The number of nitrogens with zero attached hydrogens (tertiary/aromatic N) is 1. The van der Waals surface area contributed by atoms with Crippen LogP contribution in [-0.4, -0.2) is 21.9 Å². The zero-order valence-corrected chi connectivity index (χ0v) is 10.0. The van der Waals surface area contributed by atoms with E-state index in [0.29, 0.717) is 11.6 Å². The molecule has 4 heteroatoms. The van der Waals surface area contributed by atoms with Gasteiger partial charge in [0.15, 0.2) is 18.0 Å². The van der Waals surface area contributed by atoms with Crippen LogP contribution < -0.4 is 4.57 Å². The third-order valence-electron chi connectivity index (χ3n) is 2.71. The maximum absolute atomic E-state index is 9.61. The predicted molar refractivity (Wildman–Crippen MR) is 60.3 cm³/mol. The van der Waals surface area contributed by atoms with Gasteiger partial charge in [0.25, 0.3) is 0 Å². The number of aliphatic hydroxyl groups excluding tert-OH is 1. The normalized spacial score (nSPS) is 13.1. The molecule has 0 radical (unpaired) electrons. The van der Waals surface area contributed by atoms with Crippen molar-refractivity contribution in [3.8, 4) is 11.5 Å². The molecule has 0 spiro atoms. The standard InChI is InChI=1S/C12H19NO3/c1-8(2)6-10(7-14)13-5-4-11(15)12(16)9(13)3/h4-5,8,10,14,16H,6-7H2,1-3H3/p+1/t10-/m1/s1. The van der Waals surface area contributed by atoms with Crippen molar-refractivity contribution in [3.63, 3.8) is 0 Å². The maximum Gasteiger partial charge on any atom is 0.226 e. The lowest BCUT2D eigenvalue weighted by Crippen LogP contribution is -2.44. The Morgan fingerprint density at radius 1 is 1.31 bits per heavy atom. The van der Waals surface area contributed by atoms with Crippen molar-refractivity contribution in [1.29, 1.82) is 0 Å². The predicted octanol–water partition coefficient (Wildman–Crippen LogP) is 1.27. The van der Waals surface area contributed by atoms with Gasteiger partial charge >= 0.3 is 0 Å². The van der Waals surface area contributed by atoms with Crippen molar-refractivity contribution in [1.82, 2.24) is 0 Å². The molecule has 1 heterocycles. The first-order valence-corrected chi connectivity index (χ1v) is 5.50. The fourth-order valence-corrected chi connectivity index (χ4v) is 1.87. The van der Waals surface area contributed by atoms with Gasteiger partial charge in [0.1, 0.15) is 6.61 Å². The third kappa shape index (κ3) is 2.64. The molecule has 0 amide bonds. The maximum atomic E-state index is 9.61. The molecule has 1 rings (SSSR count). The van der Waals surface area contributed by atoms with Gasteiger partial charge in [-0.05, 0) is 5.92 Å². The Labute approximate surface area is 95.8 Å². The van der Waals surface area contributed by atoms with Gasteiger partial charge in [-0.1, -0.05) is 13.8 Å². The molecule has 0 aromatic carbocycles. The molecule has 0 saturated carbocycles. The van der Waals surface area contributed by atoms with Gasteiger partial charge in [0.05, 0.1) is 0 Å². The number of pyridine rings is 1. The Balaban J connectivity index is 3.06. The molecule has 0 aliphatic rings. The van der Waals surface area contributed by atoms with Crippen molar-refractivity contribution in [2.24, 2.45) is 5.92 Å². The van der Waals surface area contributed by atoms with Crippen LogP contribution in [0.25, 0.3) is 0 Å². The van der Waals surface area contributed by atoms with Gasteiger partial charge in [-0.15, -0.1) is 0 Å². The van der Waals surface area contributed by atoms with Crippen LogP contribution in [0.5, 0.6) is 11.5 Å². The van der Waals surface area contributed by atoms with E-state index in [4.69, 9.17) is 0 Å². The van der Waals surface area contributed by atoms with Crippen LogP contribution in [0.3, 0.4) is 0 Å². The summed E-state index contributed by atoms with van der Waals surface area (Å²) >= 11 is 0. The first kappa shape index (κ1) is 12.8. The molecule has 1 aromatic rings. The first-order chi connectivity index (χ1) is 7.47. The average Bonchev–Trinajstić information content (AvgIpc) is 2.23. The molecular formula is C12H20NO3+. The summed E-state index contributed by atoms with van der Waals surface area (Å²) in [5.41, 5.74) is 0.569. The van der Waals surface area contributed by atoms with E-state index in [1.807, 2.05) is 0 Å². The number of rotatable bonds is 4. The monoisotopic (exact) mass is 226 g/mol. The molecule has 16 heavy (non-hydrogen) atoms. The summed E-state index contributed by atoms with van der Waals surface area (Å²) in [7, 11) is 0. The highest BCUT2D eigenvalue weighted by molar-refractivity contribution is 5.36. The van der Waals surface area contributed by atoms with E-state index in [9.17, 15) is 15.3 Å². The van der Waals surface area contributed by atoms with Crippen LogP contribution >= 0.6 is 0 Å². The lowest BCUT2D eigenvalue weighted by molar-refractivity contribution is -0.731. The number of hydrogen-bond donors (Lipinski definition) is 3. The van der Waals surface area contributed by atoms with E-state index >= 15 is 0 Å². The molecule has 1 aromatic heterocycles. The minimum absolute atomic E-state index is 0.0217. The SMILES string of the molecule is Cc1c(O)c(O)cc[n+]1[C@@H](CO)CC(C)C. The van der Waals surface area contributed by atoms with Crippen LogP contribution in [0, 0.1) is 12.8 Å². The van der Waals surface area contributed by atoms with Crippen LogP contribution in [0.15, 0.2) is 12.3 Å². The first-order valence-electron chi connectivity index (χ1n) is 5.50. The largest absolute Gasteiger partial charge is 0.504 e. The van der Waals surface area contributed by atoms with Gasteiger partial charge in [-0.3, -0.25) is 0 Å². The molecule has 0 aliphatic heterocycles. The zero-order chi connectivity index (χ0) is 12.3. The quantitative estimate of drug-likeness (QED) is 0.677. The van der Waals surface area contributed by atoms with E-state index in [2.05, 4.69) is 13.8 Å². The minimum Gasteiger partial charge on any atom is -0.504 e. The summed E-state index contributed by atoms with van der Waals surface area (Å²) in [6.07, 6.45) is 2.51. The Bertz CT molecular complexity index is 364. The third-order valence-corrected chi connectivity index (χ3v) is 2.71. The van der Waals surface area contributed by atoms with Crippen molar-refractivity contribution in [2.75, 3.05) is 6.61 Å². The summed E-state index contributed by atoms with van der Waals surface area (Å²) in [4.78, 5) is 0. The highest BCUT2D eigenvalue weighted by Crippen LogP contribution is 2.26. The van der Waals surface area contributed by atoms with Gasteiger partial charge < -0.3 is 15.3 Å². The van der Waals surface area contributed by atoms with E-state index in [1.54, 1.807) is 17.7 Å². The molecule has 3 N–H and O–H groups in total. The Morgan fingerprint density at radius 3 is 2.44 bits per heavy atom. The van der Waals surface area contributed by atoms with Gasteiger partial charge in [0.2, 0.25) is 11.4 Å². The highest BCUT2D eigenvalue weighted by atomic mass is 16.3. The molecule has 0 bridgehead atoms. The molecule has 0 aliphatic carbocycles. The van der Waals surface area contributed by atoms with Crippen LogP contribution in [0.1, 0.15) is 32.0 Å². The van der Waals surface area contributed by atoms with E-state index < -0.39 is 0 Å². The van der Waals surface area contributed by atoms with Crippen molar-refractivity contribution in [2.45, 2.75) is 33.2 Å². The molecule has 0 fully saturated rings. The summed E-state index contributed by atoms with van der Waals surface area (Å²) in [6, 6.07) is 1.37. The second-order valence-electron chi connectivity index (χ2n) is 4.51. The molecule has 0 saturated heterocycles. The number of hydrogen-bond acceptors (Lipinski definition) is 3. The van der Waals surface area contributed by atoms with Gasteiger partial charge in [-0.2, -0.15) is 4.57 Å². The van der Waals surface area contributed by atoms with Crippen molar-refractivity contribution in [3.05, 3.63) is 18.0 Å².